The van der Waals surface area contributed by atoms with Gasteiger partial charge < -0.3 is 10.0 Å². The van der Waals surface area contributed by atoms with Gasteiger partial charge in [-0.15, -0.1) is 0 Å². The summed E-state index contributed by atoms with van der Waals surface area (Å²) in [6.07, 6.45) is 0.637. The van der Waals surface area contributed by atoms with E-state index in [4.69, 9.17) is 0 Å². The van der Waals surface area contributed by atoms with Crippen LogP contribution in [0, 0.1) is 6.92 Å². The second-order valence-electron chi connectivity index (χ2n) is 5.22. The van der Waals surface area contributed by atoms with Crippen molar-refractivity contribution in [2.24, 2.45) is 0 Å². The lowest BCUT2D eigenvalue weighted by Gasteiger charge is -2.21. The molecule has 0 unspecified atom stereocenters. The number of amides is 1. The van der Waals surface area contributed by atoms with Crippen molar-refractivity contribution >= 4 is 17.4 Å². The Balaban J connectivity index is 2.56. The molecule has 4 nitrogen and oxygen atoms in total. The third kappa shape index (κ3) is 2.16. The first kappa shape index (κ1) is 13.7. The second kappa shape index (κ2) is 4.78. The van der Waals surface area contributed by atoms with E-state index in [2.05, 4.69) is 0 Å². The molecule has 1 aliphatic rings. The molecule has 102 valence electrons. The Labute approximate surface area is 113 Å². The molecule has 0 spiro atoms. The molecule has 19 heavy (non-hydrogen) atoms. The minimum absolute atomic E-state index is 0.164. The summed E-state index contributed by atoms with van der Waals surface area (Å²) >= 11 is 0. The lowest BCUT2D eigenvalue weighted by atomic mass is 9.89. The van der Waals surface area contributed by atoms with Gasteiger partial charge in [-0.1, -0.05) is 24.6 Å². The number of carbonyl (C=O) groups is 2. The van der Waals surface area contributed by atoms with Crippen molar-refractivity contribution in [1.82, 2.24) is 0 Å². The van der Waals surface area contributed by atoms with Crippen LogP contribution in [0.25, 0.3) is 0 Å². The zero-order valence-corrected chi connectivity index (χ0v) is 11.6. The van der Waals surface area contributed by atoms with Crippen molar-refractivity contribution in [3.05, 3.63) is 29.3 Å². The fourth-order valence-electron chi connectivity index (χ4n) is 2.64. The molecule has 4 heteroatoms. The molecule has 2 rings (SSSR count). The predicted octanol–water partition coefficient (Wildman–Crippen LogP) is 1.92. The lowest BCUT2D eigenvalue weighted by molar-refractivity contribution is -0.141. The Morgan fingerprint density at radius 2 is 2.11 bits per heavy atom. The van der Waals surface area contributed by atoms with Crippen molar-refractivity contribution in [2.75, 3.05) is 11.4 Å². The molecule has 1 aromatic rings. The molecular weight excluding hydrogens is 242 g/mol. The minimum Gasteiger partial charge on any atom is -0.375 e. The number of nitrogens with zero attached hydrogens (tertiary/aromatic N) is 1. The minimum atomic E-state index is -1.69. The standard InChI is InChI=1S/C15H19NO3/c1-4-7-16-13-6-5-10(2)8-12(13)15(19,14(16)18)9-11(3)17/h5-6,8,19H,4,7,9H2,1-3H3/t15-/m1/s1. The van der Waals surface area contributed by atoms with Crippen molar-refractivity contribution in [2.45, 2.75) is 39.2 Å². The molecule has 1 heterocycles. The maximum absolute atomic E-state index is 12.4. The van der Waals surface area contributed by atoms with Crippen LogP contribution in [0.1, 0.15) is 37.8 Å². The monoisotopic (exact) mass is 261 g/mol. The number of hydrogen-bond acceptors (Lipinski definition) is 3. The van der Waals surface area contributed by atoms with Crippen LogP contribution in [-0.4, -0.2) is 23.3 Å². The first-order chi connectivity index (χ1) is 8.90. The molecule has 0 aliphatic carbocycles. The van der Waals surface area contributed by atoms with E-state index in [1.54, 1.807) is 11.0 Å². The highest BCUT2D eigenvalue weighted by Crippen LogP contribution is 2.42. The normalized spacial score (nSPS) is 21.7. The average Bonchev–Trinajstić information content (AvgIpc) is 2.51. The van der Waals surface area contributed by atoms with E-state index in [1.807, 2.05) is 26.0 Å². The maximum atomic E-state index is 12.4. The van der Waals surface area contributed by atoms with Gasteiger partial charge in [0.05, 0.1) is 5.69 Å². The fraction of sp³-hybridized carbons (Fsp3) is 0.467. The number of carbonyl (C=O) groups excluding carboxylic acids is 2. The highest BCUT2D eigenvalue weighted by Gasteiger charge is 2.49. The predicted molar refractivity (Wildman–Crippen MR) is 73.0 cm³/mol. The van der Waals surface area contributed by atoms with Crippen LogP contribution in [-0.2, 0) is 15.2 Å². The number of hydrogen-bond donors (Lipinski definition) is 1. The Hall–Kier alpha value is -1.68. The highest BCUT2D eigenvalue weighted by atomic mass is 16.3. The second-order valence-corrected chi connectivity index (χ2v) is 5.22. The van der Waals surface area contributed by atoms with Gasteiger partial charge in [0.2, 0.25) is 0 Å². The number of aliphatic hydroxyl groups is 1. The summed E-state index contributed by atoms with van der Waals surface area (Å²) in [6.45, 7) is 5.82. The molecule has 1 aliphatic heterocycles. The molecule has 0 fully saturated rings. The average molecular weight is 261 g/mol. The Kier molecular flexibility index (Phi) is 3.45. The van der Waals surface area contributed by atoms with Crippen molar-refractivity contribution in [1.29, 1.82) is 0 Å². The smallest absolute Gasteiger partial charge is 0.264 e. The van der Waals surface area contributed by atoms with Gasteiger partial charge in [0.15, 0.2) is 5.60 Å². The van der Waals surface area contributed by atoms with Crippen LogP contribution < -0.4 is 4.90 Å². The van der Waals surface area contributed by atoms with Gasteiger partial charge in [-0.05, 0) is 26.3 Å². The van der Waals surface area contributed by atoms with Crippen LogP contribution in [0.4, 0.5) is 5.69 Å². The summed E-state index contributed by atoms with van der Waals surface area (Å²) in [6, 6.07) is 5.55. The quantitative estimate of drug-likeness (QED) is 0.900. The fourth-order valence-corrected chi connectivity index (χ4v) is 2.64. The van der Waals surface area contributed by atoms with E-state index in [9.17, 15) is 14.7 Å². The number of anilines is 1. The number of benzene rings is 1. The van der Waals surface area contributed by atoms with Crippen molar-refractivity contribution in [3.63, 3.8) is 0 Å². The molecule has 1 aromatic carbocycles. The zero-order chi connectivity index (χ0) is 14.2. The number of Topliss-reactive ketones (excluding diaryl/α,β-unsaturated/α-hetero) is 1. The van der Waals surface area contributed by atoms with E-state index in [0.717, 1.165) is 17.7 Å². The number of ketones is 1. The van der Waals surface area contributed by atoms with E-state index < -0.39 is 5.60 Å². The summed E-state index contributed by atoms with van der Waals surface area (Å²) in [5, 5.41) is 10.7. The molecule has 0 radical (unpaired) electrons. The summed E-state index contributed by atoms with van der Waals surface area (Å²) < 4.78 is 0. The molecule has 1 N–H and O–H groups in total. The van der Waals surface area contributed by atoms with Gasteiger partial charge in [-0.2, -0.15) is 0 Å². The van der Waals surface area contributed by atoms with Gasteiger partial charge in [0.25, 0.3) is 5.91 Å². The van der Waals surface area contributed by atoms with E-state index in [-0.39, 0.29) is 18.1 Å². The Morgan fingerprint density at radius 3 is 2.68 bits per heavy atom. The van der Waals surface area contributed by atoms with Crippen LogP contribution >= 0.6 is 0 Å². The van der Waals surface area contributed by atoms with E-state index in [1.165, 1.54) is 6.92 Å². The zero-order valence-electron chi connectivity index (χ0n) is 11.6. The van der Waals surface area contributed by atoms with Crippen molar-refractivity contribution in [3.8, 4) is 0 Å². The first-order valence-corrected chi connectivity index (χ1v) is 6.55. The van der Waals surface area contributed by atoms with Gasteiger partial charge in [0, 0.05) is 18.5 Å². The van der Waals surface area contributed by atoms with Gasteiger partial charge in [-0.25, -0.2) is 0 Å². The molecule has 0 bridgehead atoms. The molecule has 1 amide bonds. The topological polar surface area (TPSA) is 57.6 Å². The first-order valence-electron chi connectivity index (χ1n) is 6.55. The molecule has 0 saturated heterocycles. The summed E-state index contributed by atoms with van der Waals surface area (Å²) in [5.41, 5.74) is 0.553. The molecule has 0 saturated carbocycles. The summed E-state index contributed by atoms with van der Waals surface area (Å²) in [5.74, 6) is -0.577. The number of rotatable bonds is 4. The molecular formula is C15H19NO3. The van der Waals surface area contributed by atoms with Crippen LogP contribution in [0.15, 0.2) is 18.2 Å². The van der Waals surface area contributed by atoms with Gasteiger partial charge in [-0.3, -0.25) is 9.59 Å². The Bertz CT molecular complexity index is 538. The Morgan fingerprint density at radius 1 is 1.42 bits per heavy atom. The van der Waals surface area contributed by atoms with E-state index >= 15 is 0 Å². The maximum Gasteiger partial charge on any atom is 0.264 e. The van der Waals surface area contributed by atoms with Crippen molar-refractivity contribution < 1.29 is 14.7 Å². The molecule has 1 atom stereocenters. The summed E-state index contributed by atoms with van der Waals surface area (Å²) in [4.78, 5) is 25.4. The SMILES string of the molecule is CCCN1C(=O)[C@@](O)(CC(C)=O)c2cc(C)ccc21. The third-order valence-corrected chi connectivity index (χ3v) is 3.44. The lowest BCUT2D eigenvalue weighted by Crippen LogP contribution is -2.41. The van der Waals surface area contributed by atoms with Crippen LogP contribution in [0.2, 0.25) is 0 Å². The van der Waals surface area contributed by atoms with E-state index in [0.29, 0.717) is 12.1 Å². The van der Waals surface area contributed by atoms with Crippen LogP contribution in [0.5, 0.6) is 0 Å². The highest BCUT2D eigenvalue weighted by molar-refractivity contribution is 6.08. The summed E-state index contributed by atoms with van der Waals surface area (Å²) in [7, 11) is 0. The number of fused-ring (bicyclic) bond motifs is 1. The largest absolute Gasteiger partial charge is 0.375 e. The van der Waals surface area contributed by atoms with Gasteiger partial charge in [0.1, 0.15) is 5.78 Å². The van der Waals surface area contributed by atoms with Gasteiger partial charge >= 0.3 is 0 Å². The number of aryl methyl sites for hydroxylation is 1. The molecule has 0 aromatic heterocycles. The van der Waals surface area contributed by atoms with Crippen LogP contribution in [0.3, 0.4) is 0 Å². The third-order valence-electron chi connectivity index (χ3n) is 3.44.